The molecule has 0 saturated carbocycles. The van der Waals surface area contributed by atoms with E-state index in [-0.39, 0.29) is 18.1 Å². The van der Waals surface area contributed by atoms with Crippen molar-refractivity contribution in [3.63, 3.8) is 0 Å². The first kappa shape index (κ1) is 18.2. The first-order valence-corrected chi connectivity index (χ1v) is 8.18. The van der Waals surface area contributed by atoms with Gasteiger partial charge in [-0.1, -0.05) is 0 Å². The van der Waals surface area contributed by atoms with Crippen molar-refractivity contribution >= 4 is 11.8 Å². The van der Waals surface area contributed by atoms with Crippen molar-refractivity contribution in [3.8, 4) is 0 Å². The molecule has 1 heterocycles. The van der Waals surface area contributed by atoms with Crippen LogP contribution in [0, 0.1) is 0 Å². The van der Waals surface area contributed by atoms with Gasteiger partial charge in [-0.05, 0) is 33.9 Å². The van der Waals surface area contributed by atoms with Gasteiger partial charge in [0.25, 0.3) is 0 Å². The zero-order valence-electron chi connectivity index (χ0n) is 15.1. The van der Waals surface area contributed by atoms with E-state index in [2.05, 4.69) is 5.10 Å². The highest BCUT2D eigenvalue weighted by Crippen LogP contribution is 2.28. The number of esters is 1. The molecule has 2 rings (SSSR count). The zero-order chi connectivity index (χ0) is 17.9. The molecule has 0 fully saturated rings. The zero-order valence-corrected chi connectivity index (χ0v) is 15.1. The third-order valence-corrected chi connectivity index (χ3v) is 3.84. The molecule has 0 aromatic carbocycles. The number of nitrogens with zero attached hydrogens (tertiary/aromatic N) is 4. The number of ketones is 1. The summed E-state index contributed by atoms with van der Waals surface area (Å²) < 4.78 is 6.76. The Bertz CT molecular complexity index is 659. The van der Waals surface area contributed by atoms with E-state index >= 15 is 0 Å². The first-order chi connectivity index (χ1) is 11.3. The van der Waals surface area contributed by atoms with Crippen LogP contribution in [0.5, 0.6) is 0 Å². The molecule has 7 heteroatoms. The molecule has 132 valence electrons. The van der Waals surface area contributed by atoms with Gasteiger partial charge in [-0.15, -0.1) is 0 Å². The van der Waals surface area contributed by atoms with E-state index in [1.54, 1.807) is 11.6 Å². The van der Waals surface area contributed by atoms with Crippen LogP contribution in [0.1, 0.15) is 39.9 Å². The summed E-state index contributed by atoms with van der Waals surface area (Å²) in [4.78, 5) is 29.0. The van der Waals surface area contributed by atoms with E-state index in [9.17, 15) is 9.59 Å². The number of hydrogen-bond donors (Lipinski definition) is 0. The highest BCUT2D eigenvalue weighted by atomic mass is 16.5. The molecule has 0 saturated heterocycles. The van der Waals surface area contributed by atoms with Gasteiger partial charge >= 0.3 is 5.97 Å². The predicted molar refractivity (Wildman–Crippen MR) is 91.2 cm³/mol. The fourth-order valence-electron chi connectivity index (χ4n) is 2.77. The molecule has 0 amide bonds. The van der Waals surface area contributed by atoms with E-state index in [1.165, 1.54) is 0 Å². The van der Waals surface area contributed by atoms with Crippen molar-refractivity contribution in [2.24, 2.45) is 0 Å². The first-order valence-electron chi connectivity index (χ1n) is 8.18. The van der Waals surface area contributed by atoms with Crippen LogP contribution in [0.2, 0.25) is 0 Å². The lowest BCUT2D eigenvalue weighted by molar-refractivity contribution is 0.0517. The average Bonchev–Trinajstić information content (AvgIpc) is 2.87. The van der Waals surface area contributed by atoms with Crippen LogP contribution < -0.4 is 0 Å². The molecule has 0 atom stereocenters. The average molecular weight is 334 g/mol. The highest BCUT2D eigenvalue weighted by molar-refractivity contribution is 6.11. The van der Waals surface area contributed by atoms with Gasteiger partial charge in [-0.2, -0.15) is 5.10 Å². The Balaban J connectivity index is 2.45. The third kappa shape index (κ3) is 3.84. The van der Waals surface area contributed by atoms with Crippen molar-refractivity contribution in [1.82, 2.24) is 19.6 Å². The molecular weight excluding hydrogens is 308 g/mol. The van der Waals surface area contributed by atoms with Gasteiger partial charge in [0.15, 0.2) is 5.69 Å². The minimum Gasteiger partial charge on any atom is -0.461 e. The van der Waals surface area contributed by atoms with Gasteiger partial charge in [0.2, 0.25) is 5.78 Å². The van der Waals surface area contributed by atoms with Gasteiger partial charge in [0.05, 0.1) is 13.2 Å². The van der Waals surface area contributed by atoms with Crippen LogP contribution in [0.4, 0.5) is 0 Å². The number of Topliss-reactive ketones (excluding diaryl/α,β-unsaturated/α-hetero) is 1. The number of carbonyl (C=O) groups excluding carboxylic acids is 2. The smallest absolute Gasteiger partial charge is 0.359 e. The Hall–Kier alpha value is -2.15. The van der Waals surface area contributed by atoms with E-state index in [0.717, 1.165) is 12.1 Å². The van der Waals surface area contributed by atoms with Crippen LogP contribution in [-0.4, -0.2) is 72.7 Å². The quantitative estimate of drug-likeness (QED) is 0.575. The Morgan fingerprint density at radius 1 is 1.29 bits per heavy atom. The molecular formula is C17H26N4O3. The molecule has 0 spiro atoms. The van der Waals surface area contributed by atoms with E-state index < -0.39 is 5.97 Å². The van der Waals surface area contributed by atoms with Crippen molar-refractivity contribution in [2.75, 3.05) is 41.3 Å². The summed E-state index contributed by atoms with van der Waals surface area (Å²) >= 11 is 0. The monoisotopic (exact) mass is 334 g/mol. The Labute approximate surface area is 142 Å². The molecule has 0 radical (unpaired) electrons. The fourth-order valence-corrected chi connectivity index (χ4v) is 2.77. The second kappa shape index (κ2) is 7.61. The highest BCUT2D eigenvalue weighted by Gasteiger charge is 2.32. The summed E-state index contributed by atoms with van der Waals surface area (Å²) in [5.74, 6) is -0.503. The van der Waals surface area contributed by atoms with Gasteiger partial charge in [-0.3, -0.25) is 9.48 Å². The summed E-state index contributed by atoms with van der Waals surface area (Å²) in [6, 6.07) is 0. The third-order valence-electron chi connectivity index (χ3n) is 3.84. The van der Waals surface area contributed by atoms with Crippen LogP contribution in [0.25, 0.3) is 0 Å². The maximum atomic E-state index is 12.9. The van der Waals surface area contributed by atoms with Crippen LogP contribution >= 0.6 is 0 Å². The molecule has 0 N–H and O–H groups in total. The molecule has 0 unspecified atom stereocenters. The Kier molecular flexibility index (Phi) is 5.77. The SMILES string of the molecule is CCOC(=O)c1nn(CCN(C)C)c2c1CCC(=CN(C)C)C2=O. The summed E-state index contributed by atoms with van der Waals surface area (Å²) in [7, 11) is 7.70. The fraction of sp³-hybridized carbons (Fsp3) is 0.588. The second-order valence-corrected chi connectivity index (χ2v) is 6.37. The predicted octanol–water partition coefficient (Wildman–Crippen LogP) is 1.20. The van der Waals surface area contributed by atoms with E-state index in [0.29, 0.717) is 30.6 Å². The lowest BCUT2D eigenvalue weighted by atomic mass is 9.90. The van der Waals surface area contributed by atoms with Gasteiger partial charge in [0.1, 0.15) is 5.69 Å². The number of fused-ring (bicyclic) bond motifs is 1. The van der Waals surface area contributed by atoms with Crippen molar-refractivity contribution in [1.29, 1.82) is 0 Å². The maximum Gasteiger partial charge on any atom is 0.359 e. The summed E-state index contributed by atoms with van der Waals surface area (Å²) in [5.41, 5.74) is 2.27. The summed E-state index contributed by atoms with van der Waals surface area (Å²) in [6.07, 6.45) is 3.07. The van der Waals surface area contributed by atoms with Crippen LogP contribution in [-0.2, 0) is 17.7 Å². The molecule has 1 aromatic heterocycles. The largest absolute Gasteiger partial charge is 0.461 e. The number of carbonyl (C=O) groups is 2. The van der Waals surface area contributed by atoms with Crippen LogP contribution in [0.3, 0.4) is 0 Å². The van der Waals surface area contributed by atoms with Gasteiger partial charge < -0.3 is 14.5 Å². The number of ether oxygens (including phenoxy) is 1. The topological polar surface area (TPSA) is 67.7 Å². The van der Waals surface area contributed by atoms with E-state index in [1.807, 2.05) is 44.2 Å². The Morgan fingerprint density at radius 3 is 2.58 bits per heavy atom. The second-order valence-electron chi connectivity index (χ2n) is 6.37. The number of likely N-dealkylation sites (N-methyl/N-ethyl adjacent to an activating group) is 1. The molecule has 0 aliphatic heterocycles. The Morgan fingerprint density at radius 2 is 2.00 bits per heavy atom. The molecule has 7 nitrogen and oxygen atoms in total. The van der Waals surface area contributed by atoms with Crippen molar-refractivity contribution < 1.29 is 14.3 Å². The van der Waals surface area contributed by atoms with Gasteiger partial charge in [-0.25, -0.2) is 4.79 Å². The number of allylic oxidation sites excluding steroid dienone is 1. The van der Waals surface area contributed by atoms with Crippen LogP contribution in [0.15, 0.2) is 11.8 Å². The number of rotatable bonds is 6. The standard InChI is InChI=1S/C17H26N4O3/c1-6-24-17(23)14-13-8-7-12(11-20(4)5)16(22)15(13)21(18-14)10-9-19(2)3/h11H,6-10H2,1-5H3. The molecule has 1 aliphatic carbocycles. The summed E-state index contributed by atoms with van der Waals surface area (Å²) in [6.45, 7) is 3.33. The van der Waals surface area contributed by atoms with Crippen molar-refractivity contribution in [3.05, 3.63) is 28.7 Å². The summed E-state index contributed by atoms with van der Waals surface area (Å²) in [5, 5.41) is 4.40. The molecule has 24 heavy (non-hydrogen) atoms. The number of aromatic nitrogens is 2. The molecule has 1 aromatic rings. The molecule has 1 aliphatic rings. The minimum absolute atomic E-state index is 0.0493. The molecule has 0 bridgehead atoms. The van der Waals surface area contributed by atoms with Gasteiger partial charge in [0, 0.05) is 38.0 Å². The minimum atomic E-state index is -0.454. The van der Waals surface area contributed by atoms with E-state index in [4.69, 9.17) is 4.74 Å². The number of hydrogen-bond acceptors (Lipinski definition) is 6. The lowest BCUT2D eigenvalue weighted by Gasteiger charge is -2.18. The van der Waals surface area contributed by atoms with Crippen molar-refractivity contribution in [2.45, 2.75) is 26.3 Å². The lowest BCUT2D eigenvalue weighted by Crippen LogP contribution is -2.24. The normalized spacial score (nSPS) is 15.8. The maximum absolute atomic E-state index is 12.9.